The molecule has 8 heavy (non-hydrogen) atoms. The van der Waals surface area contributed by atoms with Gasteiger partial charge in [0.05, 0.1) is 0 Å². The van der Waals surface area contributed by atoms with E-state index in [1.807, 2.05) is 0 Å². The molecule has 44 valence electrons. The van der Waals surface area contributed by atoms with E-state index in [1.165, 1.54) is 11.5 Å². The Morgan fingerprint density at radius 1 is 1.75 bits per heavy atom. The second kappa shape index (κ2) is 3.00. The van der Waals surface area contributed by atoms with Crippen molar-refractivity contribution in [1.82, 2.24) is 9.36 Å². The normalized spacial score (nSPS) is 9.75. The lowest BCUT2D eigenvalue weighted by Gasteiger charge is -1.72. The zero-order chi connectivity index (χ0) is 5.98. The molecule has 1 rings (SSSR count). The number of rotatable bonds is 1. The highest BCUT2D eigenvalue weighted by atomic mass is 79.9. The van der Waals surface area contributed by atoms with E-state index >= 15 is 0 Å². The molecule has 2 nitrogen and oxygen atoms in total. The minimum atomic E-state index is 0.602. The minimum absolute atomic E-state index is 0.602. The van der Waals surface area contributed by atoms with Crippen molar-refractivity contribution in [3.63, 3.8) is 0 Å². The van der Waals surface area contributed by atoms with Gasteiger partial charge in [-0.25, -0.2) is 4.98 Å². The van der Waals surface area contributed by atoms with Gasteiger partial charge >= 0.3 is 0 Å². The van der Waals surface area contributed by atoms with Crippen LogP contribution in [-0.2, 0) is 0 Å². The first-order chi connectivity index (χ1) is 3.83. The van der Waals surface area contributed by atoms with Crippen LogP contribution in [0.25, 0.3) is 0 Å². The van der Waals surface area contributed by atoms with E-state index in [2.05, 4.69) is 25.3 Å². The van der Waals surface area contributed by atoms with Crippen LogP contribution in [0.5, 0.6) is 0 Å². The highest BCUT2D eigenvalue weighted by Gasteiger charge is 1.97. The van der Waals surface area contributed by atoms with Gasteiger partial charge in [0.2, 0.25) is 4.73 Å². The third-order valence-electron chi connectivity index (χ3n) is 0.449. The molecule has 0 aliphatic carbocycles. The molecule has 6 heteroatoms. The summed E-state index contributed by atoms with van der Waals surface area (Å²) in [6, 6.07) is 0. The summed E-state index contributed by atoms with van der Waals surface area (Å²) in [7, 11) is 6.42. The summed E-state index contributed by atoms with van der Waals surface area (Å²) < 4.78 is 5.19. The van der Waals surface area contributed by atoms with Crippen LogP contribution in [0.1, 0.15) is 0 Å². The fraction of sp³-hybridized carbons (Fsp3) is 0. The first-order valence-electron chi connectivity index (χ1n) is 1.60. The first-order valence-corrected chi connectivity index (χ1v) is 4.81. The standard InChI is InChI=1S/C2BrClN2S2/c3-1-5-2(7-4)8-6-1. The molecule has 0 saturated heterocycles. The minimum Gasteiger partial charge on any atom is -0.201 e. The van der Waals surface area contributed by atoms with Crippen molar-refractivity contribution in [2.24, 2.45) is 0 Å². The third-order valence-corrected chi connectivity index (χ3v) is 2.96. The molecule has 0 atom stereocenters. The lowest BCUT2D eigenvalue weighted by atomic mass is 11.3. The molecule has 0 radical (unpaired) electrons. The Kier molecular flexibility index (Phi) is 2.55. The van der Waals surface area contributed by atoms with Crippen LogP contribution >= 0.6 is 49.1 Å². The van der Waals surface area contributed by atoms with Gasteiger partial charge in [-0.2, -0.15) is 4.37 Å². The Hall–Kier alpha value is 0.680. The van der Waals surface area contributed by atoms with E-state index in [9.17, 15) is 0 Å². The van der Waals surface area contributed by atoms with Crippen molar-refractivity contribution in [3.05, 3.63) is 4.73 Å². The zero-order valence-corrected chi connectivity index (χ0v) is 7.44. The van der Waals surface area contributed by atoms with E-state index in [4.69, 9.17) is 10.7 Å². The van der Waals surface area contributed by atoms with Crippen LogP contribution in [0.15, 0.2) is 9.07 Å². The van der Waals surface area contributed by atoms with Crippen molar-refractivity contribution in [1.29, 1.82) is 0 Å². The summed E-state index contributed by atoms with van der Waals surface area (Å²) in [5, 5.41) is 0. The predicted octanol–water partition coefficient (Wildman–Crippen LogP) is 2.55. The van der Waals surface area contributed by atoms with Gasteiger partial charge in [0.25, 0.3) is 0 Å². The molecule has 0 saturated carbocycles. The highest BCUT2D eigenvalue weighted by molar-refractivity contribution is 9.10. The van der Waals surface area contributed by atoms with Gasteiger partial charge in [-0.1, -0.05) is 0 Å². The van der Waals surface area contributed by atoms with Crippen LogP contribution < -0.4 is 0 Å². The summed E-state index contributed by atoms with van der Waals surface area (Å²) in [5.74, 6) is 0. The number of hydrogen-bond donors (Lipinski definition) is 0. The number of halogens is 2. The van der Waals surface area contributed by atoms with Crippen molar-refractivity contribution < 1.29 is 0 Å². The largest absolute Gasteiger partial charge is 0.210 e. The first kappa shape index (κ1) is 6.80. The molecule has 0 spiro atoms. The van der Waals surface area contributed by atoms with Crippen LogP contribution in [-0.4, -0.2) is 9.36 Å². The third kappa shape index (κ3) is 1.58. The molecule has 0 amide bonds. The van der Waals surface area contributed by atoms with E-state index in [0.717, 1.165) is 15.3 Å². The Morgan fingerprint density at radius 3 is 2.75 bits per heavy atom. The second-order valence-electron chi connectivity index (χ2n) is 0.906. The van der Waals surface area contributed by atoms with Gasteiger partial charge in [-0.3, -0.25) is 0 Å². The number of nitrogens with zero attached hydrogens (tertiary/aromatic N) is 2. The Labute approximate surface area is 67.4 Å². The molecule has 0 aliphatic rings. The molecule has 1 aromatic rings. The maximum absolute atomic E-state index is 5.34. The molecule has 0 aliphatic heterocycles. The zero-order valence-electron chi connectivity index (χ0n) is 3.47. The molecule has 0 N–H and O–H groups in total. The van der Waals surface area contributed by atoms with Gasteiger partial charge in [0, 0.05) is 11.0 Å². The molecule has 1 aromatic heterocycles. The van der Waals surface area contributed by atoms with Crippen molar-refractivity contribution in [2.75, 3.05) is 0 Å². The quantitative estimate of drug-likeness (QED) is 0.743. The summed E-state index contributed by atoms with van der Waals surface area (Å²) in [6.45, 7) is 0. The van der Waals surface area contributed by atoms with E-state index in [0.29, 0.717) is 4.73 Å². The van der Waals surface area contributed by atoms with Gasteiger partial charge in [0.15, 0.2) is 4.34 Å². The van der Waals surface area contributed by atoms with Crippen LogP contribution in [0, 0.1) is 0 Å². The smallest absolute Gasteiger partial charge is 0.201 e. The van der Waals surface area contributed by atoms with Crippen LogP contribution in [0.3, 0.4) is 0 Å². The summed E-state index contributed by atoms with van der Waals surface area (Å²) >= 11 is 4.36. The molecular formula is C2BrClN2S2. The molecule has 0 unspecified atom stereocenters. The molecule has 0 bridgehead atoms. The Bertz CT molecular complexity index is 178. The molecule has 0 aromatic carbocycles. The Balaban J connectivity index is 2.84. The van der Waals surface area contributed by atoms with Gasteiger partial charge < -0.3 is 0 Å². The van der Waals surface area contributed by atoms with Crippen LogP contribution in [0.2, 0.25) is 0 Å². The topological polar surface area (TPSA) is 25.8 Å². The maximum atomic E-state index is 5.34. The fourth-order valence-corrected chi connectivity index (χ4v) is 1.88. The molecule has 0 fully saturated rings. The predicted molar refractivity (Wildman–Crippen MR) is 39.3 cm³/mol. The monoisotopic (exact) mass is 230 g/mol. The maximum Gasteiger partial charge on any atom is 0.210 e. The summed E-state index contributed by atoms with van der Waals surface area (Å²) in [5.41, 5.74) is 0. The number of aromatic nitrogens is 2. The average Bonchev–Trinajstić information content (AvgIpc) is 2.14. The Morgan fingerprint density at radius 2 is 2.50 bits per heavy atom. The van der Waals surface area contributed by atoms with Crippen molar-refractivity contribution in [3.8, 4) is 0 Å². The fourth-order valence-electron chi connectivity index (χ4n) is 0.224. The molecular weight excluding hydrogens is 232 g/mol. The lowest BCUT2D eigenvalue weighted by molar-refractivity contribution is 1.17. The van der Waals surface area contributed by atoms with Crippen molar-refractivity contribution in [2.45, 2.75) is 4.34 Å². The van der Waals surface area contributed by atoms with Gasteiger partial charge in [-0.15, -0.1) is 0 Å². The SMILES string of the molecule is ClSc1nc(Br)ns1. The molecule has 1 heterocycles. The van der Waals surface area contributed by atoms with Crippen LogP contribution in [0.4, 0.5) is 0 Å². The van der Waals surface area contributed by atoms with E-state index in [1.54, 1.807) is 0 Å². The van der Waals surface area contributed by atoms with Crippen molar-refractivity contribution >= 4 is 49.1 Å². The summed E-state index contributed by atoms with van der Waals surface area (Å²) in [4.78, 5) is 3.88. The van der Waals surface area contributed by atoms with Gasteiger partial charge in [0.1, 0.15) is 0 Å². The second-order valence-corrected chi connectivity index (χ2v) is 3.63. The van der Waals surface area contributed by atoms with E-state index < -0.39 is 0 Å². The lowest BCUT2D eigenvalue weighted by Crippen LogP contribution is -1.61. The van der Waals surface area contributed by atoms with Gasteiger partial charge in [-0.05, 0) is 38.1 Å². The van der Waals surface area contributed by atoms with E-state index in [-0.39, 0.29) is 0 Å². The summed E-state index contributed by atoms with van der Waals surface area (Å²) in [6.07, 6.45) is 0. The number of hydrogen-bond acceptors (Lipinski definition) is 4. The average molecular weight is 232 g/mol. The highest BCUT2D eigenvalue weighted by Crippen LogP contribution is 2.24.